The standard InChI is InChI=1S/C14H12ClF2N3S/c1-8-7-21-13(18-8)6-20-11-5-9(16)4-10(17)14(11)19-12(20)2-3-15/h4-5,7H,2-3,6H2,1H3. The summed E-state index contributed by atoms with van der Waals surface area (Å²) in [5.41, 5.74) is 1.53. The van der Waals surface area contributed by atoms with Gasteiger partial charge in [0.2, 0.25) is 0 Å². The largest absolute Gasteiger partial charge is 0.321 e. The summed E-state index contributed by atoms with van der Waals surface area (Å²) in [5, 5.41) is 2.81. The molecule has 0 aliphatic rings. The molecule has 0 fully saturated rings. The zero-order valence-electron chi connectivity index (χ0n) is 11.2. The van der Waals surface area contributed by atoms with Crippen molar-refractivity contribution in [3.8, 4) is 0 Å². The third-order valence-electron chi connectivity index (χ3n) is 3.13. The van der Waals surface area contributed by atoms with Crippen LogP contribution in [-0.2, 0) is 13.0 Å². The van der Waals surface area contributed by atoms with E-state index in [0.717, 1.165) is 16.8 Å². The minimum absolute atomic E-state index is 0.171. The number of aryl methyl sites for hydroxylation is 2. The van der Waals surface area contributed by atoms with Crippen LogP contribution in [-0.4, -0.2) is 20.4 Å². The zero-order chi connectivity index (χ0) is 15.0. The third-order valence-corrected chi connectivity index (χ3v) is 4.27. The number of fused-ring (bicyclic) bond motifs is 1. The predicted molar refractivity (Wildman–Crippen MR) is 80.0 cm³/mol. The van der Waals surface area contributed by atoms with Crippen molar-refractivity contribution in [2.45, 2.75) is 19.9 Å². The van der Waals surface area contributed by atoms with Crippen molar-refractivity contribution in [2.24, 2.45) is 0 Å². The first-order valence-corrected chi connectivity index (χ1v) is 7.81. The van der Waals surface area contributed by atoms with Gasteiger partial charge < -0.3 is 4.57 Å². The lowest BCUT2D eigenvalue weighted by molar-refractivity contribution is 0.590. The Bertz CT molecular complexity index is 797. The number of imidazole rings is 1. The number of hydrogen-bond donors (Lipinski definition) is 0. The van der Waals surface area contributed by atoms with Gasteiger partial charge in [-0.3, -0.25) is 0 Å². The lowest BCUT2D eigenvalue weighted by Gasteiger charge is -2.06. The van der Waals surface area contributed by atoms with Gasteiger partial charge in [-0.25, -0.2) is 18.7 Å². The quantitative estimate of drug-likeness (QED) is 0.680. The lowest BCUT2D eigenvalue weighted by Crippen LogP contribution is -2.06. The summed E-state index contributed by atoms with van der Waals surface area (Å²) in [4.78, 5) is 8.65. The van der Waals surface area contributed by atoms with Gasteiger partial charge in [0.25, 0.3) is 0 Å². The molecule has 3 nitrogen and oxygen atoms in total. The van der Waals surface area contributed by atoms with Crippen LogP contribution in [0.5, 0.6) is 0 Å². The van der Waals surface area contributed by atoms with Gasteiger partial charge >= 0.3 is 0 Å². The fourth-order valence-corrected chi connectivity index (χ4v) is 3.19. The van der Waals surface area contributed by atoms with Gasteiger partial charge in [-0.1, -0.05) is 0 Å². The van der Waals surface area contributed by atoms with E-state index in [1.807, 2.05) is 12.3 Å². The van der Waals surface area contributed by atoms with Gasteiger partial charge in [-0.15, -0.1) is 22.9 Å². The van der Waals surface area contributed by atoms with Crippen LogP contribution < -0.4 is 0 Å². The first-order chi connectivity index (χ1) is 10.1. The number of rotatable bonds is 4. The van der Waals surface area contributed by atoms with Gasteiger partial charge in [0.15, 0.2) is 5.82 Å². The monoisotopic (exact) mass is 327 g/mol. The maximum Gasteiger partial charge on any atom is 0.153 e. The highest BCUT2D eigenvalue weighted by Crippen LogP contribution is 2.23. The summed E-state index contributed by atoms with van der Waals surface area (Å²) in [7, 11) is 0. The van der Waals surface area contributed by atoms with E-state index in [-0.39, 0.29) is 5.52 Å². The molecule has 0 radical (unpaired) electrons. The molecular formula is C14H12ClF2N3S. The van der Waals surface area contributed by atoms with Crippen molar-refractivity contribution in [3.63, 3.8) is 0 Å². The normalized spacial score (nSPS) is 11.4. The molecule has 0 saturated heterocycles. The summed E-state index contributed by atoms with van der Waals surface area (Å²) < 4.78 is 29.1. The van der Waals surface area contributed by atoms with E-state index in [2.05, 4.69) is 9.97 Å². The highest BCUT2D eigenvalue weighted by atomic mass is 35.5. The summed E-state index contributed by atoms with van der Waals surface area (Å²) in [6, 6.07) is 2.14. The summed E-state index contributed by atoms with van der Waals surface area (Å²) >= 11 is 7.29. The smallest absolute Gasteiger partial charge is 0.153 e. The Labute approximate surface area is 129 Å². The van der Waals surface area contributed by atoms with Gasteiger partial charge in [0.1, 0.15) is 22.2 Å². The third kappa shape index (κ3) is 2.78. The van der Waals surface area contributed by atoms with Crippen molar-refractivity contribution in [1.29, 1.82) is 0 Å². The van der Waals surface area contributed by atoms with Crippen LogP contribution in [0, 0.1) is 18.6 Å². The van der Waals surface area contributed by atoms with Crippen LogP contribution in [0.1, 0.15) is 16.5 Å². The average Bonchev–Trinajstić information content (AvgIpc) is 2.97. The first kappa shape index (κ1) is 14.4. The second-order valence-corrected chi connectivity index (χ2v) is 6.01. The van der Waals surface area contributed by atoms with Crippen molar-refractivity contribution in [2.75, 3.05) is 5.88 Å². The molecule has 0 atom stereocenters. The Balaban J connectivity index is 2.15. The Morgan fingerprint density at radius 2 is 2.10 bits per heavy atom. The molecule has 0 saturated carbocycles. The molecule has 0 unspecified atom stereocenters. The molecule has 0 spiro atoms. The maximum atomic E-state index is 13.9. The molecule has 3 aromatic rings. The van der Waals surface area contributed by atoms with E-state index < -0.39 is 11.6 Å². The van der Waals surface area contributed by atoms with Crippen molar-refractivity contribution in [3.05, 3.63) is 45.7 Å². The molecule has 1 aromatic carbocycles. The van der Waals surface area contributed by atoms with E-state index in [1.54, 1.807) is 4.57 Å². The maximum absolute atomic E-state index is 13.9. The van der Waals surface area contributed by atoms with Crippen molar-refractivity contribution < 1.29 is 8.78 Å². The predicted octanol–water partition coefficient (Wildman–Crippen LogP) is 3.91. The number of hydrogen-bond acceptors (Lipinski definition) is 3. The second-order valence-electron chi connectivity index (χ2n) is 4.69. The van der Waals surface area contributed by atoms with Crippen LogP contribution in [0.3, 0.4) is 0 Å². The van der Waals surface area contributed by atoms with E-state index in [4.69, 9.17) is 11.6 Å². The molecule has 0 N–H and O–H groups in total. The van der Waals surface area contributed by atoms with Crippen LogP contribution in [0.15, 0.2) is 17.5 Å². The fourth-order valence-electron chi connectivity index (χ4n) is 2.26. The van der Waals surface area contributed by atoms with Gasteiger partial charge in [0.05, 0.1) is 12.1 Å². The van der Waals surface area contributed by atoms with Crippen molar-refractivity contribution in [1.82, 2.24) is 14.5 Å². The minimum atomic E-state index is -0.658. The van der Waals surface area contributed by atoms with Crippen LogP contribution in [0.25, 0.3) is 11.0 Å². The van der Waals surface area contributed by atoms with E-state index in [9.17, 15) is 8.78 Å². The van der Waals surface area contributed by atoms with Gasteiger partial charge in [-0.2, -0.15) is 0 Å². The zero-order valence-corrected chi connectivity index (χ0v) is 12.8. The Hall–Kier alpha value is -1.53. The van der Waals surface area contributed by atoms with E-state index >= 15 is 0 Å². The molecular weight excluding hydrogens is 316 g/mol. The van der Waals surface area contributed by atoms with E-state index in [0.29, 0.717) is 30.2 Å². The van der Waals surface area contributed by atoms with Gasteiger partial charge in [-0.05, 0) is 13.0 Å². The highest BCUT2D eigenvalue weighted by molar-refractivity contribution is 7.09. The Morgan fingerprint density at radius 1 is 1.29 bits per heavy atom. The summed E-state index contributed by atoms with van der Waals surface area (Å²) in [6.45, 7) is 2.34. The summed E-state index contributed by atoms with van der Waals surface area (Å²) in [6.07, 6.45) is 0.488. The molecule has 2 aromatic heterocycles. The fraction of sp³-hybridized carbons (Fsp3) is 0.286. The van der Waals surface area contributed by atoms with Crippen LogP contribution in [0.2, 0.25) is 0 Å². The molecule has 21 heavy (non-hydrogen) atoms. The molecule has 110 valence electrons. The second kappa shape index (κ2) is 5.69. The topological polar surface area (TPSA) is 30.7 Å². The number of thiazole rings is 1. The van der Waals surface area contributed by atoms with Crippen LogP contribution in [0.4, 0.5) is 8.78 Å². The molecule has 3 rings (SSSR count). The average molecular weight is 328 g/mol. The van der Waals surface area contributed by atoms with Crippen LogP contribution >= 0.6 is 22.9 Å². The van der Waals surface area contributed by atoms with Gasteiger partial charge in [0, 0.05) is 29.4 Å². The highest BCUT2D eigenvalue weighted by Gasteiger charge is 2.16. The molecule has 0 aliphatic carbocycles. The van der Waals surface area contributed by atoms with E-state index in [1.165, 1.54) is 17.4 Å². The summed E-state index contributed by atoms with van der Waals surface area (Å²) in [5.74, 6) is -0.272. The Kier molecular flexibility index (Phi) is 3.91. The number of benzene rings is 1. The molecule has 2 heterocycles. The Morgan fingerprint density at radius 3 is 2.76 bits per heavy atom. The SMILES string of the molecule is Cc1csc(Cn2c(CCCl)nc3c(F)cc(F)cc32)n1. The molecule has 0 amide bonds. The lowest BCUT2D eigenvalue weighted by atomic mass is 10.3. The molecule has 0 bridgehead atoms. The molecule has 7 heteroatoms. The molecule has 0 aliphatic heterocycles. The first-order valence-electron chi connectivity index (χ1n) is 6.39. The number of nitrogens with zero attached hydrogens (tertiary/aromatic N) is 3. The number of aromatic nitrogens is 3. The number of halogens is 3. The van der Waals surface area contributed by atoms with Crippen molar-refractivity contribution >= 4 is 34.0 Å². The minimum Gasteiger partial charge on any atom is -0.321 e. The number of alkyl halides is 1.